The molecule has 0 spiro atoms. The molecule has 76 valence electrons. The zero-order chi connectivity index (χ0) is 10.6. The van der Waals surface area contributed by atoms with Crippen molar-refractivity contribution in [2.45, 2.75) is 23.5 Å². The summed E-state index contributed by atoms with van der Waals surface area (Å²) in [5.41, 5.74) is 0. The van der Waals surface area contributed by atoms with E-state index in [-0.39, 0.29) is 5.25 Å². The SMILES string of the molecule is CCC(Sc1ccc(Br)cc1)C(=O)O. The first-order valence-corrected chi connectivity index (χ1v) is 5.95. The first kappa shape index (κ1) is 11.6. The van der Waals surface area contributed by atoms with Crippen LogP contribution in [0.15, 0.2) is 33.6 Å². The fourth-order valence-electron chi connectivity index (χ4n) is 0.986. The van der Waals surface area contributed by atoms with Crippen LogP contribution in [0.25, 0.3) is 0 Å². The molecule has 4 heteroatoms. The maximum atomic E-state index is 10.8. The van der Waals surface area contributed by atoms with Crippen molar-refractivity contribution in [3.8, 4) is 0 Å². The number of carboxylic acids is 1. The van der Waals surface area contributed by atoms with E-state index in [1.807, 2.05) is 31.2 Å². The summed E-state index contributed by atoms with van der Waals surface area (Å²) in [7, 11) is 0. The molecule has 1 unspecified atom stereocenters. The lowest BCUT2D eigenvalue weighted by Crippen LogP contribution is -2.14. The molecule has 1 N–H and O–H groups in total. The van der Waals surface area contributed by atoms with Crippen molar-refractivity contribution in [3.63, 3.8) is 0 Å². The van der Waals surface area contributed by atoms with Crippen LogP contribution < -0.4 is 0 Å². The number of rotatable bonds is 4. The van der Waals surface area contributed by atoms with Gasteiger partial charge < -0.3 is 5.11 Å². The molecule has 0 fully saturated rings. The van der Waals surface area contributed by atoms with Gasteiger partial charge in [-0.05, 0) is 30.7 Å². The Morgan fingerprint density at radius 3 is 2.50 bits per heavy atom. The molecule has 0 saturated carbocycles. The maximum Gasteiger partial charge on any atom is 0.316 e. The minimum atomic E-state index is -0.750. The van der Waals surface area contributed by atoms with Crippen molar-refractivity contribution < 1.29 is 9.90 Å². The minimum absolute atomic E-state index is 0.351. The van der Waals surface area contributed by atoms with Crippen LogP contribution in [0.1, 0.15) is 13.3 Å². The van der Waals surface area contributed by atoms with Gasteiger partial charge in [0.1, 0.15) is 5.25 Å². The molecule has 2 nitrogen and oxygen atoms in total. The molecule has 0 bridgehead atoms. The Bertz CT molecular complexity index is 310. The van der Waals surface area contributed by atoms with Crippen LogP contribution in [0.5, 0.6) is 0 Å². The standard InChI is InChI=1S/C10H11BrO2S/c1-2-9(10(12)13)14-8-5-3-7(11)4-6-8/h3-6,9H,2H2,1H3,(H,12,13). The van der Waals surface area contributed by atoms with E-state index in [2.05, 4.69) is 15.9 Å². The number of carbonyl (C=O) groups is 1. The van der Waals surface area contributed by atoms with Crippen molar-refractivity contribution >= 4 is 33.7 Å². The number of hydrogen-bond acceptors (Lipinski definition) is 2. The van der Waals surface area contributed by atoms with E-state index in [9.17, 15) is 4.79 Å². The summed E-state index contributed by atoms with van der Waals surface area (Å²) in [4.78, 5) is 11.8. The van der Waals surface area contributed by atoms with Crippen LogP contribution in [0.3, 0.4) is 0 Å². The van der Waals surface area contributed by atoms with Crippen molar-refractivity contribution in [1.82, 2.24) is 0 Å². The molecule has 0 aromatic heterocycles. The van der Waals surface area contributed by atoms with E-state index >= 15 is 0 Å². The van der Waals surface area contributed by atoms with Crippen molar-refractivity contribution in [2.24, 2.45) is 0 Å². The predicted octanol–water partition coefficient (Wildman–Crippen LogP) is 3.40. The van der Waals surface area contributed by atoms with E-state index in [4.69, 9.17) is 5.11 Å². The number of aliphatic carboxylic acids is 1. The van der Waals surface area contributed by atoms with E-state index in [0.717, 1.165) is 9.37 Å². The Kier molecular flexibility index (Phi) is 4.48. The van der Waals surface area contributed by atoms with Gasteiger partial charge in [-0.3, -0.25) is 4.79 Å². The maximum absolute atomic E-state index is 10.8. The van der Waals surface area contributed by atoms with E-state index in [1.165, 1.54) is 11.8 Å². The Morgan fingerprint density at radius 2 is 2.07 bits per heavy atom. The second-order valence-corrected chi connectivity index (χ2v) is 5.00. The first-order valence-electron chi connectivity index (χ1n) is 4.28. The molecule has 0 heterocycles. The fraction of sp³-hybridized carbons (Fsp3) is 0.300. The van der Waals surface area contributed by atoms with Gasteiger partial charge in [0, 0.05) is 9.37 Å². The molecule has 0 saturated heterocycles. The highest BCUT2D eigenvalue weighted by Gasteiger charge is 2.15. The molecule has 0 aliphatic heterocycles. The second kappa shape index (κ2) is 5.41. The third-order valence-corrected chi connectivity index (χ3v) is 3.63. The predicted molar refractivity (Wildman–Crippen MR) is 61.7 cm³/mol. The number of halogens is 1. The number of hydrogen-bond donors (Lipinski definition) is 1. The highest BCUT2D eigenvalue weighted by molar-refractivity contribution is 9.10. The van der Waals surface area contributed by atoms with Gasteiger partial charge >= 0.3 is 5.97 Å². The molecule has 14 heavy (non-hydrogen) atoms. The summed E-state index contributed by atoms with van der Waals surface area (Å²) in [6.07, 6.45) is 0.635. The molecule has 0 aliphatic carbocycles. The zero-order valence-electron chi connectivity index (χ0n) is 7.74. The highest BCUT2D eigenvalue weighted by atomic mass is 79.9. The summed E-state index contributed by atoms with van der Waals surface area (Å²) in [6.45, 7) is 1.88. The topological polar surface area (TPSA) is 37.3 Å². The van der Waals surface area contributed by atoms with Crippen molar-refractivity contribution in [3.05, 3.63) is 28.7 Å². The Balaban J connectivity index is 2.67. The lowest BCUT2D eigenvalue weighted by Gasteiger charge is -2.08. The Labute approximate surface area is 95.8 Å². The number of thioether (sulfide) groups is 1. The largest absolute Gasteiger partial charge is 0.480 e. The van der Waals surface area contributed by atoms with E-state index in [1.54, 1.807) is 0 Å². The quantitative estimate of drug-likeness (QED) is 0.856. The summed E-state index contributed by atoms with van der Waals surface area (Å²) in [5, 5.41) is 8.51. The fourth-order valence-corrected chi connectivity index (χ4v) is 2.14. The molecule has 1 aromatic rings. The monoisotopic (exact) mass is 274 g/mol. The Hall–Kier alpha value is -0.480. The van der Waals surface area contributed by atoms with Crippen LogP contribution in [-0.4, -0.2) is 16.3 Å². The molecule has 1 atom stereocenters. The minimum Gasteiger partial charge on any atom is -0.480 e. The number of benzene rings is 1. The average Bonchev–Trinajstić information content (AvgIpc) is 2.16. The van der Waals surface area contributed by atoms with Crippen LogP contribution in [0, 0.1) is 0 Å². The molecule has 0 aliphatic rings. The van der Waals surface area contributed by atoms with Crippen molar-refractivity contribution in [1.29, 1.82) is 0 Å². The van der Waals surface area contributed by atoms with Gasteiger partial charge in [0.25, 0.3) is 0 Å². The van der Waals surface area contributed by atoms with Crippen molar-refractivity contribution in [2.75, 3.05) is 0 Å². The third kappa shape index (κ3) is 3.35. The second-order valence-electron chi connectivity index (χ2n) is 2.81. The molecular weight excluding hydrogens is 264 g/mol. The lowest BCUT2D eigenvalue weighted by atomic mass is 10.3. The van der Waals surface area contributed by atoms with Gasteiger partial charge in [-0.15, -0.1) is 11.8 Å². The molecule has 1 aromatic carbocycles. The zero-order valence-corrected chi connectivity index (χ0v) is 10.1. The first-order chi connectivity index (χ1) is 6.63. The van der Waals surface area contributed by atoms with Gasteiger partial charge in [0.2, 0.25) is 0 Å². The van der Waals surface area contributed by atoms with Gasteiger partial charge in [0.15, 0.2) is 0 Å². The summed E-state index contributed by atoms with van der Waals surface area (Å²) in [5.74, 6) is -0.750. The molecular formula is C10H11BrO2S. The van der Waals surface area contributed by atoms with Crippen LogP contribution >= 0.6 is 27.7 Å². The van der Waals surface area contributed by atoms with E-state index in [0.29, 0.717) is 6.42 Å². The van der Waals surface area contributed by atoms with Crippen LogP contribution in [0.4, 0.5) is 0 Å². The third-order valence-electron chi connectivity index (χ3n) is 1.74. The summed E-state index contributed by atoms with van der Waals surface area (Å²) in [6, 6.07) is 7.66. The van der Waals surface area contributed by atoms with Gasteiger partial charge in [-0.1, -0.05) is 22.9 Å². The molecule has 0 radical (unpaired) electrons. The normalized spacial score (nSPS) is 12.4. The van der Waals surface area contributed by atoms with Gasteiger partial charge in [-0.25, -0.2) is 0 Å². The smallest absolute Gasteiger partial charge is 0.316 e. The van der Waals surface area contributed by atoms with E-state index < -0.39 is 5.97 Å². The summed E-state index contributed by atoms with van der Waals surface area (Å²) >= 11 is 4.72. The van der Waals surface area contributed by atoms with Gasteiger partial charge in [0.05, 0.1) is 0 Å². The average molecular weight is 275 g/mol. The summed E-state index contributed by atoms with van der Waals surface area (Å²) < 4.78 is 1.00. The van der Waals surface area contributed by atoms with Crippen LogP contribution in [0.2, 0.25) is 0 Å². The highest BCUT2D eigenvalue weighted by Crippen LogP contribution is 2.26. The molecule has 0 amide bonds. The lowest BCUT2D eigenvalue weighted by molar-refractivity contribution is -0.136. The van der Waals surface area contributed by atoms with Gasteiger partial charge in [-0.2, -0.15) is 0 Å². The molecule has 1 rings (SSSR count). The van der Waals surface area contributed by atoms with Crippen LogP contribution in [-0.2, 0) is 4.79 Å². The Morgan fingerprint density at radius 1 is 1.50 bits per heavy atom. The number of carboxylic acid groups (broad SMARTS) is 1.